The van der Waals surface area contributed by atoms with E-state index in [-0.39, 0.29) is 24.9 Å². The first-order valence-corrected chi connectivity index (χ1v) is 7.93. The van der Waals surface area contributed by atoms with E-state index < -0.39 is 17.5 Å². The number of hydrogen-bond donors (Lipinski definition) is 1. The summed E-state index contributed by atoms with van der Waals surface area (Å²) in [7, 11) is 0. The maximum atomic E-state index is 13.2. The lowest BCUT2D eigenvalue weighted by molar-refractivity contribution is -0.161. The van der Waals surface area contributed by atoms with Crippen molar-refractivity contribution in [2.75, 3.05) is 19.7 Å². The first kappa shape index (κ1) is 15.9. The standard InChI is InChI=1S/C17H20FNO4/c18-13-5-3-12(4-6-13)17(7-1-2-8-17)16(22)19-9-10-23-14(11-19)15(20)21/h3-6,14H,1-2,7-11H2,(H,20,21). The molecule has 1 heterocycles. The Morgan fingerprint density at radius 3 is 2.48 bits per heavy atom. The zero-order valence-electron chi connectivity index (χ0n) is 12.8. The summed E-state index contributed by atoms with van der Waals surface area (Å²) in [5, 5.41) is 9.11. The summed E-state index contributed by atoms with van der Waals surface area (Å²) in [5.41, 5.74) is 0.161. The molecule has 0 aromatic heterocycles. The minimum absolute atomic E-state index is 0.0591. The van der Waals surface area contributed by atoms with E-state index in [4.69, 9.17) is 9.84 Å². The zero-order valence-corrected chi connectivity index (χ0v) is 12.8. The zero-order chi connectivity index (χ0) is 16.4. The highest BCUT2D eigenvalue weighted by Crippen LogP contribution is 2.43. The third-order valence-electron chi connectivity index (χ3n) is 4.89. The summed E-state index contributed by atoms with van der Waals surface area (Å²) < 4.78 is 18.4. The Morgan fingerprint density at radius 2 is 1.87 bits per heavy atom. The molecule has 124 valence electrons. The molecule has 1 aliphatic heterocycles. The lowest BCUT2D eigenvalue weighted by Crippen LogP contribution is -2.54. The summed E-state index contributed by atoms with van der Waals surface area (Å²) in [6.07, 6.45) is 2.34. The molecule has 1 aromatic carbocycles. The number of rotatable bonds is 3. The number of amides is 1. The first-order valence-electron chi connectivity index (χ1n) is 7.93. The number of halogens is 1. The number of nitrogens with zero attached hydrogens (tertiary/aromatic N) is 1. The van der Waals surface area contributed by atoms with Gasteiger partial charge in [-0.15, -0.1) is 0 Å². The lowest BCUT2D eigenvalue weighted by atomic mass is 9.77. The van der Waals surface area contributed by atoms with Crippen LogP contribution in [0.5, 0.6) is 0 Å². The summed E-state index contributed by atoms with van der Waals surface area (Å²) in [5.74, 6) is -1.44. The fourth-order valence-corrected chi connectivity index (χ4v) is 3.66. The predicted octanol–water partition coefficient (Wildman–Crippen LogP) is 1.95. The van der Waals surface area contributed by atoms with Crippen LogP contribution in [0.4, 0.5) is 4.39 Å². The van der Waals surface area contributed by atoms with Gasteiger partial charge in [0.25, 0.3) is 0 Å². The van der Waals surface area contributed by atoms with Crippen LogP contribution in [0, 0.1) is 5.82 Å². The molecule has 23 heavy (non-hydrogen) atoms. The van der Waals surface area contributed by atoms with Crippen molar-refractivity contribution < 1.29 is 23.8 Å². The van der Waals surface area contributed by atoms with Gasteiger partial charge in [0.15, 0.2) is 6.10 Å². The fourth-order valence-electron chi connectivity index (χ4n) is 3.66. The van der Waals surface area contributed by atoms with Gasteiger partial charge in [-0.1, -0.05) is 25.0 Å². The molecule has 3 rings (SSSR count). The third kappa shape index (κ3) is 2.95. The Kier molecular flexibility index (Phi) is 4.35. The molecule has 1 saturated carbocycles. The largest absolute Gasteiger partial charge is 0.479 e. The number of carboxylic acid groups (broad SMARTS) is 1. The molecule has 1 unspecified atom stereocenters. The van der Waals surface area contributed by atoms with Gasteiger partial charge in [-0.25, -0.2) is 9.18 Å². The maximum absolute atomic E-state index is 13.2. The van der Waals surface area contributed by atoms with Crippen LogP contribution in [0.3, 0.4) is 0 Å². The van der Waals surface area contributed by atoms with E-state index in [0.29, 0.717) is 19.4 Å². The number of carbonyl (C=O) groups is 2. The van der Waals surface area contributed by atoms with Gasteiger partial charge >= 0.3 is 5.97 Å². The molecule has 1 atom stereocenters. The molecule has 1 aromatic rings. The van der Waals surface area contributed by atoms with Crippen molar-refractivity contribution in [1.29, 1.82) is 0 Å². The maximum Gasteiger partial charge on any atom is 0.334 e. The van der Waals surface area contributed by atoms with Crippen LogP contribution in [0.15, 0.2) is 24.3 Å². The van der Waals surface area contributed by atoms with Crippen molar-refractivity contribution in [2.45, 2.75) is 37.2 Å². The van der Waals surface area contributed by atoms with Crippen molar-refractivity contribution >= 4 is 11.9 Å². The lowest BCUT2D eigenvalue weighted by Gasteiger charge is -2.38. The van der Waals surface area contributed by atoms with Gasteiger partial charge in [0.05, 0.1) is 18.6 Å². The smallest absolute Gasteiger partial charge is 0.334 e. The Balaban J connectivity index is 1.87. The van der Waals surface area contributed by atoms with E-state index in [0.717, 1.165) is 18.4 Å². The summed E-state index contributed by atoms with van der Waals surface area (Å²) in [6.45, 7) is 0.685. The van der Waals surface area contributed by atoms with Crippen molar-refractivity contribution in [3.8, 4) is 0 Å². The van der Waals surface area contributed by atoms with Crippen molar-refractivity contribution in [2.24, 2.45) is 0 Å². The van der Waals surface area contributed by atoms with Gasteiger partial charge < -0.3 is 14.7 Å². The monoisotopic (exact) mass is 321 g/mol. The van der Waals surface area contributed by atoms with Crippen LogP contribution in [-0.4, -0.2) is 47.7 Å². The van der Waals surface area contributed by atoms with E-state index >= 15 is 0 Å². The van der Waals surface area contributed by atoms with E-state index in [1.54, 1.807) is 17.0 Å². The molecular weight excluding hydrogens is 301 g/mol. The number of carboxylic acids is 1. The summed E-state index contributed by atoms with van der Waals surface area (Å²) in [4.78, 5) is 25.9. The van der Waals surface area contributed by atoms with Crippen LogP contribution >= 0.6 is 0 Å². The minimum Gasteiger partial charge on any atom is -0.479 e. The second kappa shape index (κ2) is 6.28. The van der Waals surface area contributed by atoms with Gasteiger partial charge in [-0.3, -0.25) is 4.79 Å². The molecule has 0 bridgehead atoms. The topological polar surface area (TPSA) is 66.8 Å². The van der Waals surface area contributed by atoms with Crippen molar-refractivity contribution in [3.63, 3.8) is 0 Å². The molecule has 1 amide bonds. The van der Waals surface area contributed by atoms with Gasteiger partial charge in [-0.2, -0.15) is 0 Å². The number of aliphatic carboxylic acids is 1. The molecule has 1 aliphatic carbocycles. The summed E-state index contributed by atoms with van der Waals surface area (Å²) >= 11 is 0. The summed E-state index contributed by atoms with van der Waals surface area (Å²) in [6, 6.07) is 6.10. The molecule has 0 radical (unpaired) electrons. The van der Waals surface area contributed by atoms with Crippen molar-refractivity contribution in [3.05, 3.63) is 35.6 Å². The second-order valence-corrected chi connectivity index (χ2v) is 6.24. The van der Waals surface area contributed by atoms with Gasteiger partial charge in [0.2, 0.25) is 5.91 Å². The SMILES string of the molecule is O=C(O)C1CN(C(=O)C2(c3ccc(F)cc3)CCCC2)CCO1. The number of carbonyl (C=O) groups excluding carboxylic acids is 1. The van der Waals surface area contributed by atoms with Crippen LogP contribution < -0.4 is 0 Å². The first-order chi connectivity index (χ1) is 11.0. The highest BCUT2D eigenvalue weighted by Gasteiger charge is 2.46. The number of morpholine rings is 1. The minimum atomic E-state index is -1.05. The van der Waals surface area contributed by atoms with E-state index in [9.17, 15) is 14.0 Å². The Hall–Kier alpha value is -1.95. The number of ether oxygens (including phenoxy) is 1. The Bertz CT molecular complexity index is 595. The quantitative estimate of drug-likeness (QED) is 0.924. The van der Waals surface area contributed by atoms with Crippen LogP contribution in [0.1, 0.15) is 31.2 Å². The molecule has 1 N–H and O–H groups in total. The molecule has 5 nitrogen and oxygen atoms in total. The predicted molar refractivity (Wildman–Crippen MR) is 80.5 cm³/mol. The average molecular weight is 321 g/mol. The van der Waals surface area contributed by atoms with Gasteiger partial charge in [-0.05, 0) is 30.5 Å². The van der Waals surface area contributed by atoms with Crippen LogP contribution in [-0.2, 0) is 19.7 Å². The molecule has 6 heteroatoms. The highest BCUT2D eigenvalue weighted by atomic mass is 19.1. The molecule has 0 spiro atoms. The molecule has 2 fully saturated rings. The molecule has 1 saturated heterocycles. The number of benzene rings is 1. The van der Waals surface area contributed by atoms with E-state index in [1.165, 1.54) is 12.1 Å². The van der Waals surface area contributed by atoms with E-state index in [2.05, 4.69) is 0 Å². The van der Waals surface area contributed by atoms with Crippen molar-refractivity contribution in [1.82, 2.24) is 4.90 Å². The van der Waals surface area contributed by atoms with Crippen LogP contribution in [0.25, 0.3) is 0 Å². The second-order valence-electron chi connectivity index (χ2n) is 6.24. The Morgan fingerprint density at radius 1 is 1.22 bits per heavy atom. The molecule has 2 aliphatic rings. The number of hydrogen-bond acceptors (Lipinski definition) is 3. The molecular formula is C17H20FNO4. The Labute approximate surface area is 134 Å². The fraction of sp³-hybridized carbons (Fsp3) is 0.529. The van der Waals surface area contributed by atoms with Gasteiger partial charge in [0, 0.05) is 6.54 Å². The van der Waals surface area contributed by atoms with E-state index in [1.807, 2.05) is 0 Å². The highest BCUT2D eigenvalue weighted by molar-refractivity contribution is 5.89. The average Bonchev–Trinajstić information content (AvgIpc) is 3.06. The third-order valence-corrected chi connectivity index (χ3v) is 4.89. The van der Waals surface area contributed by atoms with Gasteiger partial charge in [0.1, 0.15) is 5.82 Å². The normalized spacial score (nSPS) is 23.7. The van der Waals surface area contributed by atoms with Crippen LogP contribution in [0.2, 0.25) is 0 Å².